The van der Waals surface area contributed by atoms with Gasteiger partial charge in [0.1, 0.15) is 5.75 Å². The first-order valence-electron chi connectivity index (χ1n) is 11.2. The molecule has 0 radical (unpaired) electrons. The molecule has 0 atom stereocenters. The summed E-state index contributed by atoms with van der Waals surface area (Å²) < 4.78 is 11.0. The lowest BCUT2D eigenvalue weighted by atomic mass is 10.1. The topological polar surface area (TPSA) is 42.3 Å². The Bertz CT molecular complexity index is 470. The lowest BCUT2D eigenvalue weighted by molar-refractivity contribution is 0.304. The van der Waals surface area contributed by atoms with Crippen LogP contribution >= 0.6 is 0 Å². The second kappa shape index (κ2) is 16.6. The first-order chi connectivity index (χ1) is 13.3. The maximum absolute atomic E-state index is 7.69. The van der Waals surface area contributed by atoms with Crippen LogP contribution in [-0.4, -0.2) is 19.1 Å². The molecule has 0 bridgehead atoms. The van der Waals surface area contributed by atoms with Crippen molar-refractivity contribution in [1.82, 2.24) is 0 Å². The summed E-state index contributed by atoms with van der Waals surface area (Å²) in [5.74, 6) is 1.24. The molecule has 1 aromatic carbocycles. The van der Waals surface area contributed by atoms with Crippen molar-refractivity contribution in [2.75, 3.05) is 13.2 Å². The average Bonchev–Trinajstić information content (AvgIpc) is 2.67. The van der Waals surface area contributed by atoms with E-state index in [4.69, 9.17) is 14.9 Å². The van der Waals surface area contributed by atoms with Gasteiger partial charge in [0.05, 0.1) is 13.2 Å². The van der Waals surface area contributed by atoms with E-state index in [0.29, 0.717) is 18.9 Å². The highest BCUT2D eigenvalue weighted by Gasteiger charge is 2.01. The molecule has 0 saturated heterocycles. The van der Waals surface area contributed by atoms with Crippen molar-refractivity contribution in [1.29, 1.82) is 5.41 Å². The quantitative estimate of drug-likeness (QED) is 0.176. The number of unbranched alkanes of at least 4 members (excludes halogenated alkanes) is 11. The monoisotopic (exact) mass is 375 g/mol. The number of rotatable bonds is 17. The Hall–Kier alpha value is -1.51. The smallest absolute Gasteiger partial charge is 0.184 e. The Morgan fingerprint density at radius 3 is 1.78 bits per heavy atom. The molecule has 27 heavy (non-hydrogen) atoms. The molecule has 0 heterocycles. The van der Waals surface area contributed by atoms with Crippen LogP contribution in [0.4, 0.5) is 0 Å². The molecule has 0 aliphatic heterocycles. The van der Waals surface area contributed by atoms with Gasteiger partial charge >= 0.3 is 0 Å². The van der Waals surface area contributed by atoms with Gasteiger partial charge in [0.25, 0.3) is 0 Å². The van der Waals surface area contributed by atoms with Crippen LogP contribution in [0.15, 0.2) is 24.3 Å². The van der Waals surface area contributed by atoms with E-state index >= 15 is 0 Å². The van der Waals surface area contributed by atoms with Crippen LogP contribution in [0.3, 0.4) is 0 Å². The maximum atomic E-state index is 7.69. The van der Waals surface area contributed by atoms with E-state index in [9.17, 15) is 0 Å². The second-order valence-corrected chi connectivity index (χ2v) is 7.41. The Labute approximate surface area is 167 Å². The van der Waals surface area contributed by atoms with Crippen molar-refractivity contribution in [3.8, 4) is 5.75 Å². The summed E-state index contributed by atoms with van der Waals surface area (Å²) in [6.45, 7) is 5.53. The molecule has 3 nitrogen and oxygen atoms in total. The molecule has 154 valence electrons. The van der Waals surface area contributed by atoms with Crippen LogP contribution in [0.5, 0.6) is 5.75 Å². The molecule has 0 aliphatic carbocycles. The summed E-state index contributed by atoms with van der Waals surface area (Å²) in [7, 11) is 0. The molecule has 1 aromatic rings. The fourth-order valence-electron chi connectivity index (χ4n) is 3.25. The summed E-state index contributed by atoms with van der Waals surface area (Å²) in [5, 5.41) is 7.69. The van der Waals surface area contributed by atoms with E-state index in [1.54, 1.807) is 0 Å². The van der Waals surface area contributed by atoms with E-state index in [1.807, 2.05) is 31.2 Å². The van der Waals surface area contributed by atoms with Gasteiger partial charge in [-0.25, -0.2) is 0 Å². The van der Waals surface area contributed by atoms with Crippen LogP contribution in [0.2, 0.25) is 0 Å². The van der Waals surface area contributed by atoms with Gasteiger partial charge in [-0.2, -0.15) is 0 Å². The van der Waals surface area contributed by atoms with E-state index in [2.05, 4.69) is 6.92 Å². The molecule has 0 unspecified atom stereocenters. The minimum atomic E-state index is 0.322. The van der Waals surface area contributed by atoms with Gasteiger partial charge in [0, 0.05) is 6.42 Å². The molecule has 1 N–H and O–H groups in total. The highest BCUT2D eigenvalue weighted by atomic mass is 16.5. The zero-order chi connectivity index (χ0) is 19.6. The molecular weight excluding hydrogens is 334 g/mol. The molecule has 1 rings (SSSR count). The fourth-order valence-corrected chi connectivity index (χ4v) is 3.25. The summed E-state index contributed by atoms with van der Waals surface area (Å²) >= 11 is 0. The third kappa shape index (κ3) is 13.3. The Balaban J connectivity index is 1.94. The highest BCUT2D eigenvalue weighted by molar-refractivity contribution is 5.75. The standard InChI is InChI=1S/C24H41NO2/c1-3-5-6-7-8-9-10-11-12-13-14-15-20-27-23-18-16-22(17-19-23)21-24(25)26-4-2/h16-19,25H,3-15,20-21H2,1-2H3. The van der Waals surface area contributed by atoms with Crippen molar-refractivity contribution in [2.45, 2.75) is 97.3 Å². The molecule has 0 aliphatic rings. The maximum Gasteiger partial charge on any atom is 0.184 e. The molecule has 0 spiro atoms. The van der Waals surface area contributed by atoms with E-state index in [1.165, 1.54) is 70.6 Å². The minimum absolute atomic E-state index is 0.322. The second-order valence-electron chi connectivity index (χ2n) is 7.41. The Kier molecular flexibility index (Phi) is 14.5. The summed E-state index contributed by atoms with van der Waals surface area (Å²) in [4.78, 5) is 0. The minimum Gasteiger partial charge on any atom is -0.494 e. The molecule has 0 aromatic heterocycles. The molecule has 3 heteroatoms. The van der Waals surface area contributed by atoms with Crippen LogP contribution in [0, 0.1) is 5.41 Å². The van der Waals surface area contributed by atoms with E-state index in [0.717, 1.165) is 24.3 Å². The summed E-state index contributed by atoms with van der Waals surface area (Å²) in [6, 6.07) is 8.03. The molecule has 0 fully saturated rings. The van der Waals surface area contributed by atoms with Gasteiger partial charge in [0.2, 0.25) is 0 Å². The lowest BCUT2D eigenvalue weighted by Crippen LogP contribution is -2.06. The zero-order valence-electron chi connectivity index (χ0n) is 17.7. The first kappa shape index (κ1) is 23.5. The van der Waals surface area contributed by atoms with Crippen molar-refractivity contribution < 1.29 is 9.47 Å². The number of ether oxygens (including phenoxy) is 2. The highest BCUT2D eigenvalue weighted by Crippen LogP contribution is 2.15. The third-order valence-electron chi connectivity index (χ3n) is 4.87. The normalized spacial score (nSPS) is 10.7. The van der Waals surface area contributed by atoms with Gasteiger partial charge in [-0.05, 0) is 31.0 Å². The van der Waals surface area contributed by atoms with Gasteiger partial charge in [-0.3, -0.25) is 5.41 Å². The predicted molar refractivity (Wildman–Crippen MR) is 116 cm³/mol. The molecular formula is C24H41NO2. The first-order valence-corrected chi connectivity index (χ1v) is 11.2. The number of hydrogen-bond donors (Lipinski definition) is 1. The van der Waals surface area contributed by atoms with Crippen molar-refractivity contribution >= 4 is 5.90 Å². The largest absolute Gasteiger partial charge is 0.494 e. The third-order valence-corrected chi connectivity index (χ3v) is 4.87. The van der Waals surface area contributed by atoms with E-state index < -0.39 is 0 Å². The average molecular weight is 376 g/mol. The number of nitrogens with one attached hydrogen (secondary N) is 1. The summed E-state index contributed by atoms with van der Waals surface area (Å²) in [5.41, 5.74) is 1.09. The van der Waals surface area contributed by atoms with Crippen molar-refractivity contribution in [3.05, 3.63) is 29.8 Å². The number of hydrogen-bond acceptors (Lipinski definition) is 3. The van der Waals surface area contributed by atoms with Gasteiger partial charge in [0.15, 0.2) is 5.90 Å². The number of benzene rings is 1. The van der Waals surface area contributed by atoms with E-state index in [-0.39, 0.29) is 0 Å². The molecule has 0 saturated carbocycles. The van der Waals surface area contributed by atoms with Crippen LogP contribution in [-0.2, 0) is 11.2 Å². The predicted octanol–water partition coefficient (Wildman–Crippen LogP) is 7.32. The Morgan fingerprint density at radius 1 is 0.741 bits per heavy atom. The van der Waals surface area contributed by atoms with Crippen LogP contribution in [0.1, 0.15) is 96.5 Å². The van der Waals surface area contributed by atoms with Crippen LogP contribution in [0.25, 0.3) is 0 Å². The zero-order valence-corrected chi connectivity index (χ0v) is 17.7. The van der Waals surface area contributed by atoms with Crippen molar-refractivity contribution in [3.63, 3.8) is 0 Å². The van der Waals surface area contributed by atoms with Crippen molar-refractivity contribution in [2.24, 2.45) is 0 Å². The molecule has 0 amide bonds. The fraction of sp³-hybridized carbons (Fsp3) is 0.708. The van der Waals surface area contributed by atoms with Gasteiger partial charge < -0.3 is 9.47 Å². The van der Waals surface area contributed by atoms with Gasteiger partial charge in [-0.15, -0.1) is 0 Å². The lowest BCUT2D eigenvalue weighted by Gasteiger charge is -2.08. The Morgan fingerprint density at radius 2 is 1.26 bits per heavy atom. The summed E-state index contributed by atoms with van der Waals surface area (Å²) in [6.07, 6.45) is 16.9. The SMILES string of the molecule is CCCCCCCCCCCCCCOc1ccc(CC(=N)OCC)cc1. The van der Waals surface area contributed by atoms with Crippen LogP contribution < -0.4 is 4.74 Å². The van der Waals surface area contributed by atoms with Gasteiger partial charge in [-0.1, -0.05) is 89.7 Å².